The van der Waals surface area contributed by atoms with Crippen LogP contribution in [0.1, 0.15) is 26.3 Å². The van der Waals surface area contributed by atoms with E-state index < -0.39 is 20.5 Å². The first-order valence-electron chi connectivity index (χ1n) is 11.1. The molecule has 0 fully saturated rings. The van der Waals surface area contributed by atoms with Crippen molar-refractivity contribution in [3.05, 3.63) is 96.6 Å². The van der Waals surface area contributed by atoms with Gasteiger partial charge >= 0.3 is 0 Å². The SMILES string of the molecule is CC(C)(C)[Si](OC[C@@H](O)[C@H](O)COCc1ccccc1)(c1ccccc1)c1ccccc1. The maximum atomic E-state index is 10.7. The third-order valence-electron chi connectivity index (χ3n) is 5.73. The predicted octanol–water partition coefficient (Wildman–Crippen LogP) is 3.50. The average molecular weight is 451 g/mol. The Kier molecular flexibility index (Phi) is 8.40. The van der Waals surface area contributed by atoms with Gasteiger partial charge in [-0.1, -0.05) is 112 Å². The summed E-state index contributed by atoms with van der Waals surface area (Å²) in [6.07, 6.45) is -2.08. The lowest BCUT2D eigenvalue weighted by atomic mass is 10.2. The Morgan fingerprint density at radius 2 is 1.12 bits per heavy atom. The lowest BCUT2D eigenvalue weighted by Crippen LogP contribution is -2.67. The van der Waals surface area contributed by atoms with E-state index in [0.29, 0.717) is 6.61 Å². The maximum Gasteiger partial charge on any atom is 0.261 e. The minimum absolute atomic E-state index is 0.0309. The van der Waals surface area contributed by atoms with Crippen LogP contribution in [0.25, 0.3) is 0 Å². The summed E-state index contributed by atoms with van der Waals surface area (Å²) in [6, 6.07) is 30.3. The molecule has 32 heavy (non-hydrogen) atoms. The minimum Gasteiger partial charge on any atom is -0.405 e. The lowest BCUT2D eigenvalue weighted by molar-refractivity contribution is -0.0576. The first-order valence-corrected chi connectivity index (χ1v) is 13.0. The van der Waals surface area contributed by atoms with E-state index in [4.69, 9.17) is 9.16 Å². The Hall–Kier alpha value is -2.28. The van der Waals surface area contributed by atoms with E-state index in [1.807, 2.05) is 66.7 Å². The second-order valence-corrected chi connectivity index (χ2v) is 13.4. The van der Waals surface area contributed by atoms with Crippen LogP contribution in [0, 0.1) is 0 Å². The highest BCUT2D eigenvalue weighted by Crippen LogP contribution is 2.36. The van der Waals surface area contributed by atoms with E-state index in [-0.39, 0.29) is 18.3 Å². The Balaban J connectivity index is 1.75. The van der Waals surface area contributed by atoms with Crippen LogP contribution in [-0.4, -0.2) is 44.0 Å². The molecule has 0 aromatic heterocycles. The van der Waals surface area contributed by atoms with Gasteiger partial charge in [-0.3, -0.25) is 0 Å². The van der Waals surface area contributed by atoms with E-state index in [0.717, 1.165) is 15.9 Å². The second-order valence-electron chi connectivity index (χ2n) is 9.11. The first kappa shape index (κ1) is 24.4. The molecule has 0 aliphatic rings. The molecular formula is C27H34O4Si. The van der Waals surface area contributed by atoms with Crippen LogP contribution in [0.5, 0.6) is 0 Å². The fourth-order valence-corrected chi connectivity index (χ4v) is 8.64. The molecule has 0 saturated heterocycles. The summed E-state index contributed by atoms with van der Waals surface area (Å²) in [5.41, 5.74) is 1.03. The van der Waals surface area contributed by atoms with Gasteiger partial charge in [0.2, 0.25) is 0 Å². The van der Waals surface area contributed by atoms with Crippen molar-refractivity contribution in [2.45, 2.75) is 44.6 Å². The number of ether oxygens (including phenoxy) is 1. The summed E-state index contributed by atoms with van der Waals surface area (Å²) < 4.78 is 12.3. The monoisotopic (exact) mass is 450 g/mol. The van der Waals surface area contributed by atoms with E-state index in [9.17, 15) is 10.2 Å². The summed E-state index contributed by atoms with van der Waals surface area (Å²) in [5, 5.41) is 23.3. The standard InChI is InChI=1S/C27H34O4Si/c1-27(2,3)32(23-15-9-5-10-16-23,24-17-11-6-12-18-24)31-21-26(29)25(28)20-30-19-22-13-7-4-8-14-22/h4-18,25-26,28-29H,19-21H2,1-3H3/t25-,26-/m1/s1. The topological polar surface area (TPSA) is 58.9 Å². The van der Waals surface area contributed by atoms with Crippen LogP contribution >= 0.6 is 0 Å². The molecule has 4 nitrogen and oxygen atoms in total. The molecule has 0 heterocycles. The van der Waals surface area contributed by atoms with Crippen LogP contribution in [0.4, 0.5) is 0 Å². The minimum atomic E-state index is -2.75. The van der Waals surface area contributed by atoms with Crippen molar-refractivity contribution < 1.29 is 19.4 Å². The Morgan fingerprint density at radius 3 is 1.59 bits per heavy atom. The Labute approximate surface area is 192 Å². The van der Waals surface area contributed by atoms with Gasteiger partial charge in [-0.25, -0.2) is 0 Å². The van der Waals surface area contributed by atoms with Crippen molar-refractivity contribution in [1.29, 1.82) is 0 Å². The molecule has 3 aromatic carbocycles. The summed E-state index contributed by atoms with van der Waals surface area (Å²) >= 11 is 0. The summed E-state index contributed by atoms with van der Waals surface area (Å²) in [4.78, 5) is 0. The molecule has 0 spiro atoms. The molecule has 2 atom stereocenters. The largest absolute Gasteiger partial charge is 0.405 e. The number of hydrogen-bond donors (Lipinski definition) is 2. The van der Waals surface area contributed by atoms with Gasteiger partial charge in [0, 0.05) is 0 Å². The van der Waals surface area contributed by atoms with Crippen LogP contribution in [0.15, 0.2) is 91.0 Å². The highest BCUT2D eigenvalue weighted by molar-refractivity contribution is 6.99. The zero-order chi connectivity index (χ0) is 23.0. The second kappa shape index (κ2) is 11.0. The molecule has 0 saturated carbocycles. The van der Waals surface area contributed by atoms with Gasteiger partial charge in [-0.05, 0) is 21.0 Å². The zero-order valence-corrected chi connectivity index (χ0v) is 20.1. The van der Waals surface area contributed by atoms with Gasteiger partial charge in [0.25, 0.3) is 8.32 Å². The molecule has 0 aliphatic heterocycles. The fraction of sp³-hybridized carbons (Fsp3) is 0.333. The molecule has 0 aliphatic carbocycles. The van der Waals surface area contributed by atoms with E-state index in [1.165, 1.54) is 0 Å². The highest BCUT2D eigenvalue weighted by Gasteiger charge is 2.50. The first-order chi connectivity index (χ1) is 15.3. The highest BCUT2D eigenvalue weighted by atomic mass is 28.4. The van der Waals surface area contributed by atoms with Gasteiger partial charge in [0.1, 0.15) is 12.2 Å². The molecule has 3 rings (SSSR count). The van der Waals surface area contributed by atoms with Gasteiger partial charge in [-0.15, -0.1) is 0 Å². The molecule has 3 aromatic rings. The number of aliphatic hydroxyl groups excluding tert-OH is 2. The van der Waals surface area contributed by atoms with Gasteiger partial charge in [0.15, 0.2) is 0 Å². The van der Waals surface area contributed by atoms with Gasteiger partial charge in [-0.2, -0.15) is 0 Å². The van der Waals surface area contributed by atoms with Gasteiger partial charge < -0.3 is 19.4 Å². The number of aliphatic hydroxyl groups is 2. The Bertz CT molecular complexity index is 887. The quantitative estimate of drug-likeness (QED) is 0.464. The van der Waals surface area contributed by atoms with Crippen LogP contribution < -0.4 is 10.4 Å². The van der Waals surface area contributed by atoms with Gasteiger partial charge in [0.05, 0.1) is 19.8 Å². The van der Waals surface area contributed by atoms with Crippen molar-refractivity contribution in [3.63, 3.8) is 0 Å². The summed E-state index contributed by atoms with van der Waals surface area (Å²) in [6.45, 7) is 7.02. The molecule has 0 unspecified atom stereocenters. The van der Waals surface area contributed by atoms with Crippen molar-refractivity contribution in [1.82, 2.24) is 0 Å². The normalized spacial score (nSPS) is 14.2. The number of rotatable bonds is 10. The van der Waals surface area contributed by atoms with Crippen LogP contribution in [-0.2, 0) is 15.8 Å². The predicted molar refractivity (Wildman–Crippen MR) is 132 cm³/mol. The van der Waals surface area contributed by atoms with Crippen molar-refractivity contribution in [2.24, 2.45) is 0 Å². The maximum absolute atomic E-state index is 10.7. The van der Waals surface area contributed by atoms with Crippen molar-refractivity contribution >= 4 is 18.7 Å². The van der Waals surface area contributed by atoms with Crippen LogP contribution in [0.3, 0.4) is 0 Å². The van der Waals surface area contributed by atoms with Crippen molar-refractivity contribution in [3.8, 4) is 0 Å². The third kappa shape index (κ3) is 5.74. The summed E-state index contributed by atoms with van der Waals surface area (Å²) in [7, 11) is -2.75. The molecule has 0 bridgehead atoms. The lowest BCUT2D eigenvalue weighted by Gasteiger charge is -2.43. The zero-order valence-electron chi connectivity index (χ0n) is 19.1. The molecule has 0 amide bonds. The molecule has 0 radical (unpaired) electrons. The van der Waals surface area contributed by atoms with Crippen LogP contribution in [0.2, 0.25) is 5.04 Å². The molecule has 2 N–H and O–H groups in total. The smallest absolute Gasteiger partial charge is 0.261 e. The number of hydrogen-bond acceptors (Lipinski definition) is 4. The number of benzene rings is 3. The van der Waals surface area contributed by atoms with E-state index in [2.05, 4.69) is 45.0 Å². The summed E-state index contributed by atoms with van der Waals surface area (Å²) in [5.74, 6) is 0. The van der Waals surface area contributed by atoms with E-state index in [1.54, 1.807) is 0 Å². The average Bonchev–Trinajstić information content (AvgIpc) is 2.80. The molecular weight excluding hydrogens is 416 g/mol. The third-order valence-corrected chi connectivity index (χ3v) is 10.7. The molecule has 170 valence electrons. The van der Waals surface area contributed by atoms with E-state index >= 15 is 0 Å². The molecule has 5 heteroatoms. The van der Waals surface area contributed by atoms with Crippen molar-refractivity contribution in [2.75, 3.05) is 13.2 Å². The fourth-order valence-electron chi connectivity index (χ4n) is 4.07. The Morgan fingerprint density at radius 1 is 0.688 bits per heavy atom.